The molecule has 6 heteroatoms. The molecule has 0 aromatic heterocycles. The van der Waals surface area contributed by atoms with Gasteiger partial charge in [-0.05, 0) is 53.9 Å². The van der Waals surface area contributed by atoms with E-state index in [1.807, 2.05) is 30.3 Å². The van der Waals surface area contributed by atoms with Crippen LogP contribution in [0.15, 0.2) is 53.4 Å². The van der Waals surface area contributed by atoms with E-state index in [1.165, 1.54) is 10.5 Å². The van der Waals surface area contributed by atoms with Gasteiger partial charge in [0.25, 0.3) is 11.1 Å². The van der Waals surface area contributed by atoms with Crippen LogP contribution in [-0.2, 0) is 11.2 Å². The minimum atomic E-state index is -0.250. The highest BCUT2D eigenvalue weighted by Gasteiger charge is 2.34. The summed E-state index contributed by atoms with van der Waals surface area (Å²) in [5.41, 5.74) is 1.95. The Hall–Kier alpha value is -2.24. The van der Waals surface area contributed by atoms with Crippen molar-refractivity contribution in [3.05, 3.63) is 69.6 Å². The van der Waals surface area contributed by atoms with E-state index in [0.29, 0.717) is 22.2 Å². The molecule has 134 valence electrons. The van der Waals surface area contributed by atoms with Gasteiger partial charge >= 0.3 is 0 Å². The topological polar surface area (TPSA) is 46.6 Å². The maximum atomic E-state index is 12.5. The Balaban J connectivity index is 1.65. The average Bonchev–Trinajstić information content (AvgIpc) is 2.90. The van der Waals surface area contributed by atoms with Crippen LogP contribution in [0.25, 0.3) is 6.08 Å². The van der Waals surface area contributed by atoms with Gasteiger partial charge in [0.15, 0.2) is 0 Å². The number of methoxy groups -OCH3 is 1. The van der Waals surface area contributed by atoms with E-state index in [-0.39, 0.29) is 11.1 Å². The first kappa shape index (κ1) is 18.5. The minimum Gasteiger partial charge on any atom is -0.495 e. The number of benzene rings is 2. The maximum Gasteiger partial charge on any atom is 0.293 e. The summed E-state index contributed by atoms with van der Waals surface area (Å²) in [7, 11) is 1.54. The number of halogens is 1. The molecule has 4 nitrogen and oxygen atoms in total. The monoisotopic (exact) mass is 387 g/mol. The molecule has 0 saturated carbocycles. The first-order valence-corrected chi connectivity index (χ1v) is 9.41. The highest BCUT2D eigenvalue weighted by molar-refractivity contribution is 8.18. The van der Waals surface area contributed by atoms with Crippen molar-refractivity contribution in [1.29, 1.82) is 0 Å². The fourth-order valence-corrected chi connectivity index (χ4v) is 3.83. The molecule has 0 radical (unpaired) electrons. The molecule has 0 aliphatic carbocycles. The SMILES string of the molecule is COc1ccc(/C=C2/SC(=O)N(CCCc3ccccc3)C2=O)cc1Cl. The van der Waals surface area contributed by atoms with E-state index < -0.39 is 0 Å². The van der Waals surface area contributed by atoms with Crippen molar-refractivity contribution < 1.29 is 14.3 Å². The molecule has 1 aliphatic rings. The Morgan fingerprint density at radius 1 is 1.15 bits per heavy atom. The number of carbonyl (C=O) groups is 2. The number of ether oxygens (including phenoxy) is 1. The van der Waals surface area contributed by atoms with Gasteiger partial charge in [0.1, 0.15) is 5.75 Å². The van der Waals surface area contributed by atoms with Gasteiger partial charge in [0.2, 0.25) is 0 Å². The molecule has 1 fully saturated rings. The molecule has 1 heterocycles. The smallest absolute Gasteiger partial charge is 0.293 e. The summed E-state index contributed by atoms with van der Waals surface area (Å²) in [5, 5.41) is 0.234. The van der Waals surface area contributed by atoms with Crippen LogP contribution < -0.4 is 4.74 Å². The molecule has 0 atom stereocenters. The lowest BCUT2D eigenvalue weighted by Crippen LogP contribution is -2.29. The quantitative estimate of drug-likeness (QED) is 0.653. The molecule has 0 N–H and O–H groups in total. The van der Waals surface area contributed by atoms with E-state index in [9.17, 15) is 9.59 Å². The summed E-state index contributed by atoms with van der Waals surface area (Å²) in [6.45, 7) is 0.417. The molecular weight excluding hydrogens is 370 g/mol. The highest BCUT2D eigenvalue weighted by atomic mass is 35.5. The zero-order chi connectivity index (χ0) is 18.5. The van der Waals surface area contributed by atoms with Crippen LogP contribution in [0.5, 0.6) is 5.75 Å². The molecule has 3 rings (SSSR count). The third-order valence-electron chi connectivity index (χ3n) is 4.04. The van der Waals surface area contributed by atoms with Gasteiger partial charge in [0, 0.05) is 6.54 Å². The van der Waals surface area contributed by atoms with Crippen LogP contribution in [0.1, 0.15) is 17.5 Å². The summed E-state index contributed by atoms with van der Waals surface area (Å²) in [4.78, 5) is 26.4. The van der Waals surface area contributed by atoms with E-state index >= 15 is 0 Å². The zero-order valence-electron chi connectivity index (χ0n) is 14.3. The predicted octanol–water partition coefficient (Wildman–Crippen LogP) is 5.02. The average molecular weight is 388 g/mol. The normalized spacial score (nSPS) is 15.8. The molecule has 1 saturated heterocycles. The molecule has 2 aromatic carbocycles. The first-order chi connectivity index (χ1) is 12.6. The number of rotatable bonds is 6. The summed E-state index contributed by atoms with van der Waals surface area (Å²) in [6.07, 6.45) is 3.26. The number of amides is 2. The number of hydrogen-bond donors (Lipinski definition) is 0. The molecule has 0 unspecified atom stereocenters. The van der Waals surface area contributed by atoms with Crippen LogP contribution in [0.3, 0.4) is 0 Å². The fraction of sp³-hybridized carbons (Fsp3) is 0.200. The number of nitrogens with zero attached hydrogens (tertiary/aromatic N) is 1. The zero-order valence-corrected chi connectivity index (χ0v) is 15.8. The van der Waals surface area contributed by atoms with Crippen LogP contribution in [0, 0.1) is 0 Å². The van der Waals surface area contributed by atoms with Gasteiger partial charge in [-0.1, -0.05) is 48.0 Å². The molecular formula is C20H18ClNO3S. The number of thioether (sulfide) groups is 1. The third-order valence-corrected chi connectivity index (χ3v) is 5.24. The fourth-order valence-electron chi connectivity index (χ4n) is 2.70. The van der Waals surface area contributed by atoms with E-state index in [0.717, 1.165) is 30.2 Å². The van der Waals surface area contributed by atoms with Crippen molar-refractivity contribution in [2.75, 3.05) is 13.7 Å². The van der Waals surface area contributed by atoms with E-state index in [2.05, 4.69) is 0 Å². The van der Waals surface area contributed by atoms with Gasteiger partial charge in [-0.3, -0.25) is 14.5 Å². The standard InChI is InChI=1S/C20H18ClNO3S/c1-25-17-10-9-15(12-16(17)21)13-18-19(23)22(20(24)26-18)11-5-8-14-6-3-2-4-7-14/h2-4,6-7,9-10,12-13H,5,8,11H2,1H3/b18-13+. The second-order valence-corrected chi connectivity index (χ2v) is 7.22. The van der Waals surface area contributed by atoms with Gasteiger partial charge in [-0.15, -0.1) is 0 Å². The van der Waals surface area contributed by atoms with Gasteiger partial charge < -0.3 is 4.74 Å². The number of hydrogen-bond acceptors (Lipinski definition) is 4. The van der Waals surface area contributed by atoms with E-state index in [1.54, 1.807) is 31.4 Å². The maximum absolute atomic E-state index is 12.5. The van der Waals surface area contributed by atoms with Crippen molar-refractivity contribution in [3.8, 4) is 5.75 Å². The summed E-state index contributed by atoms with van der Waals surface area (Å²) >= 11 is 7.07. The van der Waals surface area contributed by atoms with Crippen molar-refractivity contribution in [2.45, 2.75) is 12.8 Å². The molecule has 26 heavy (non-hydrogen) atoms. The van der Waals surface area contributed by atoms with Gasteiger partial charge in [-0.25, -0.2) is 0 Å². The number of carbonyl (C=O) groups excluding carboxylic acids is 2. The number of imide groups is 1. The Bertz CT molecular complexity index is 851. The Morgan fingerprint density at radius 3 is 2.62 bits per heavy atom. The molecule has 1 aliphatic heterocycles. The summed E-state index contributed by atoms with van der Waals surface area (Å²) in [6, 6.07) is 15.3. The van der Waals surface area contributed by atoms with Crippen molar-refractivity contribution in [2.24, 2.45) is 0 Å². The Kier molecular flexibility index (Phi) is 6.01. The predicted molar refractivity (Wildman–Crippen MR) is 105 cm³/mol. The van der Waals surface area contributed by atoms with Crippen LogP contribution in [-0.4, -0.2) is 29.7 Å². The first-order valence-electron chi connectivity index (χ1n) is 8.21. The second-order valence-electron chi connectivity index (χ2n) is 5.82. The van der Waals surface area contributed by atoms with Gasteiger partial charge in [0.05, 0.1) is 17.0 Å². The molecule has 2 amide bonds. The Morgan fingerprint density at radius 2 is 1.92 bits per heavy atom. The highest BCUT2D eigenvalue weighted by Crippen LogP contribution is 2.33. The van der Waals surface area contributed by atoms with Crippen LogP contribution in [0.2, 0.25) is 5.02 Å². The molecule has 0 spiro atoms. The summed E-state index contributed by atoms with van der Waals surface area (Å²) in [5.74, 6) is 0.317. The minimum absolute atomic E-state index is 0.228. The summed E-state index contributed by atoms with van der Waals surface area (Å²) < 4.78 is 5.12. The van der Waals surface area contributed by atoms with Crippen molar-refractivity contribution in [1.82, 2.24) is 4.90 Å². The molecule has 0 bridgehead atoms. The lowest BCUT2D eigenvalue weighted by Gasteiger charge is -2.12. The molecule has 2 aromatic rings. The van der Waals surface area contributed by atoms with Crippen molar-refractivity contribution in [3.63, 3.8) is 0 Å². The van der Waals surface area contributed by atoms with Crippen LogP contribution >= 0.6 is 23.4 Å². The third kappa shape index (κ3) is 4.29. The van der Waals surface area contributed by atoms with E-state index in [4.69, 9.17) is 16.3 Å². The Labute approximate surface area is 161 Å². The van der Waals surface area contributed by atoms with Crippen LogP contribution in [0.4, 0.5) is 4.79 Å². The van der Waals surface area contributed by atoms with Gasteiger partial charge in [-0.2, -0.15) is 0 Å². The number of aryl methyl sites for hydroxylation is 1. The lowest BCUT2D eigenvalue weighted by molar-refractivity contribution is -0.122. The lowest BCUT2D eigenvalue weighted by atomic mass is 10.1. The van der Waals surface area contributed by atoms with Crippen molar-refractivity contribution >= 4 is 40.6 Å². The second kappa shape index (κ2) is 8.43. The largest absolute Gasteiger partial charge is 0.495 e.